The first-order valence-corrected chi connectivity index (χ1v) is 17.0. The zero-order valence-electron chi connectivity index (χ0n) is 26.4. The molecule has 0 spiro atoms. The number of rotatable bonds is 11. The van der Waals surface area contributed by atoms with E-state index in [0.29, 0.717) is 65.1 Å². The van der Waals surface area contributed by atoms with Crippen LogP contribution in [0.25, 0.3) is 6.08 Å². The van der Waals surface area contributed by atoms with Gasteiger partial charge in [-0.3, -0.25) is 9.36 Å². The van der Waals surface area contributed by atoms with Crippen molar-refractivity contribution in [3.63, 3.8) is 0 Å². The number of hydrogen-bond donors (Lipinski definition) is 0. The summed E-state index contributed by atoms with van der Waals surface area (Å²) in [6.07, 6.45) is 1.58. The summed E-state index contributed by atoms with van der Waals surface area (Å²) in [6.45, 7) is 9.88. The number of esters is 1. The quantitative estimate of drug-likeness (QED) is 0.149. The highest BCUT2D eigenvalue weighted by Crippen LogP contribution is 2.39. The van der Waals surface area contributed by atoms with Crippen LogP contribution in [0.5, 0.6) is 17.2 Å². The summed E-state index contributed by atoms with van der Waals surface area (Å²) in [7, 11) is 0. The van der Waals surface area contributed by atoms with E-state index in [1.54, 1.807) is 44.2 Å². The van der Waals surface area contributed by atoms with Gasteiger partial charge in [-0.2, -0.15) is 0 Å². The van der Waals surface area contributed by atoms with Crippen LogP contribution in [0, 0.1) is 0 Å². The number of nitrogens with zero attached hydrogens (tertiary/aromatic N) is 2. The minimum atomic E-state index is -0.817. The van der Waals surface area contributed by atoms with Gasteiger partial charge in [0.05, 0.1) is 50.2 Å². The summed E-state index contributed by atoms with van der Waals surface area (Å²) >= 11 is 20.1. The first-order valence-electron chi connectivity index (χ1n) is 15.0. The fourth-order valence-electron chi connectivity index (χ4n) is 5.16. The van der Waals surface area contributed by atoms with Gasteiger partial charge in [0.2, 0.25) is 0 Å². The second-order valence-electron chi connectivity index (χ2n) is 10.8. The van der Waals surface area contributed by atoms with E-state index in [1.165, 1.54) is 15.9 Å². The number of halogens is 3. The van der Waals surface area contributed by atoms with E-state index < -0.39 is 12.0 Å². The molecule has 246 valence electrons. The van der Waals surface area contributed by atoms with Crippen LogP contribution in [-0.2, 0) is 16.1 Å². The van der Waals surface area contributed by atoms with Crippen molar-refractivity contribution in [3.8, 4) is 17.2 Å². The van der Waals surface area contributed by atoms with Gasteiger partial charge in [-0.1, -0.05) is 70.4 Å². The summed E-state index contributed by atoms with van der Waals surface area (Å²) < 4.78 is 25.4. The molecule has 8 nitrogen and oxygen atoms in total. The van der Waals surface area contributed by atoms with Crippen molar-refractivity contribution in [2.75, 3.05) is 13.2 Å². The van der Waals surface area contributed by atoms with Crippen molar-refractivity contribution in [1.29, 1.82) is 0 Å². The number of para-hydroxylation sites is 1. The van der Waals surface area contributed by atoms with Crippen LogP contribution in [0.15, 0.2) is 75.7 Å². The molecule has 4 aromatic rings. The van der Waals surface area contributed by atoms with E-state index in [0.717, 1.165) is 5.56 Å². The molecule has 1 atom stereocenters. The lowest BCUT2D eigenvalue weighted by Gasteiger charge is -2.26. The highest BCUT2D eigenvalue weighted by molar-refractivity contribution is 7.07. The minimum Gasteiger partial charge on any atom is -0.491 e. The third-order valence-corrected chi connectivity index (χ3v) is 9.09. The average molecular weight is 716 g/mol. The molecular weight excluding hydrogens is 683 g/mol. The van der Waals surface area contributed by atoms with Crippen LogP contribution in [-0.4, -0.2) is 29.9 Å². The zero-order chi connectivity index (χ0) is 33.8. The second kappa shape index (κ2) is 15.0. The Hall–Kier alpha value is -3.76. The Morgan fingerprint density at radius 1 is 0.979 bits per heavy atom. The van der Waals surface area contributed by atoms with Crippen molar-refractivity contribution >= 4 is 58.2 Å². The van der Waals surface area contributed by atoms with E-state index >= 15 is 0 Å². The molecule has 0 bridgehead atoms. The fraction of sp³-hybridized carbons (Fsp3) is 0.286. The lowest BCUT2D eigenvalue weighted by atomic mass is 9.95. The normalized spacial score (nSPS) is 14.6. The van der Waals surface area contributed by atoms with E-state index in [1.807, 2.05) is 51.1 Å². The van der Waals surface area contributed by atoms with Crippen molar-refractivity contribution in [3.05, 3.63) is 117 Å². The number of hydrogen-bond acceptors (Lipinski definition) is 8. The lowest BCUT2D eigenvalue weighted by Crippen LogP contribution is -2.40. The summed E-state index contributed by atoms with van der Waals surface area (Å²) in [4.78, 5) is 32.6. The van der Waals surface area contributed by atoms with Gasteiger partial charge in [0.1, 0.15) is 18.4 Å². The van der Waals surface area contributed by atoms with Crippen LogP contribution in [0.3, 0.4) is 0 Å². The average Bonchev–Trinajstić information content (AvgIpc) is 3.31. The van der Waals surface area contributed by atoms with Gasteiger partial charge in [-0.25, -0.2) is 9.79 Å². The van der Waals surface area contributed by atoms with E-state index in [-0.39, 0.29) is 30.5 Å². The van der Waals surface area contributed by atoms with E-state index in [2.05, 4.69) is 4.99 Å². The minimum absolute atomic E-state index is 0.136. The number of ether oxygens (including phenoxy) is 4. The maximum absolute atomic E-state index is 14.2. The molecule has 1 aliphatic heterocycles. The molecule has 2 heterocycles. The fourth-order valence-corrected chi connectivity index (χ4v) is 6.80. The first kappa shape index (κ1) is 34.6. The third kappa shape index (κ3) is 7.54. The molecule has 0 saturated heterocycles. The predicted molar refractivity (Wildman–Crippen MR) is 186 cm³/mol. The first-order chi connectivity index (χ1) is 22.5. The van der Waals surface area contributed by atoms with Gasteiger partial charge >= 0.3 is 5.97 Å². The summed E-state index contributed by atoms with van der Waals surface area (Å²) in [5, 5.41) is 1.17. The van der Waals surface area contributed by atoms with Gasteiger partial charge in [-0.15, -0.1) is 0 Å². The monoisotopic (exact) mass is 714 g/mol. The highest BCUT2D eigenvalue weighted by Gasteiger charge is 2.35. The molecule has 0 saturated carbocycles. The number of carbonyl (C=O) groups is 1. The van der Waals surface area contributed by atoms with Gasteiger partial charge in [-0.05, 0) is 82.2 Å². The third-order valence-electron chi connectivity index (χ3n) is 7.09. The predicted octanol–water partition coefficient (Wildman–Crippen LogP) is 7.52. The molecule has 5 rings (SSSR count). The molecule has 1 aliphatic rings. The van der Waals surface area contributed by atoms with Crippen molar-refractivity contribution in [2.24, 2.45) is 4.99 Å². The number of aromatic nitrogens is 1. The van der Waals surface area contributed by atoms with Gasteiger partial charge < -0.3 is 18.9 Å². The van der Waals surface area contributed by atoms with Crippen LogP contribution < -0.4 is 29.1 Å². The largest absolute Gasteiger partial charge is 0.491 e. The van der Waals surface area contributed by atoms with Crippen LogP contribution in [0.1, 0.15) is 57.4 Å². The van der Waals surface area contributed by atoms with E-state index in [9.17, 15) is 9.59 Å². The van der Waals surface area contributed by atoms with Crippen LogP contribution in [0.4, 0.5) is 0 Å². The Kier molecular flexibility index (Phi) is 11.0. The number of carbonyl (C=O) groups excluding carboxylic acids is 1. The van der Waals surface area contributed by atoms with E-state index in [4.69, 9.17) is 53.8 Å². The zero-order valence-corrected chi connectivity index (χ0v) is 29.5. The Labute approximate surface area is 291 Å². The number of fused-ring (bicyclic) bond motifs is 1. The number of benzene rings is 3. The Balaban J connectivity index is 1.60. The molecule has 1 aromatic heterocycles. The SMILES string of the molecule is CCOC(=O)C1=C(C)N=c2s/c(=C/c3cc(Cl)c(OCc4ccc(Cl)c(Cl)c4)c(OCC)c3)c(=O)n2[C@@H]1c1ccccc1OC(C)C. The van der Waals surface area contributed by atoms with Crippen LogP contribution in [0.2, 0.25) is 15.1 Å². The van der Waals surface area contributed by atoms with Crippen LogP contribution >= 0.6 is 46.1 Å². The molecule has 0 N–H and O–H groups in total. The molecule has 0 fully saturated rings. The molecule has 0 radical (unpaired) electrons. The van der Waals surface area contributed by atoms with Crippen molar-refractivity contribution in [2.45, 2.75) is 53.4 Å². The van der Waals surface area contributed by atoms with Crippen molar-refractivity contribution < 1.29 is 23.7 Å². The Bertz CT molecular complexity index is 2040. The lowest BCUT2D eigenvalue weighted by molar-refractivity contribution is -0.139. The molecule has 0 amide bonds. The maximum Gasteiger partial charge on any atom is 0.338 e. The topological polar surface area (TPSA) is 88.4 Å². The summed E-state index contributed by atoms with van der Waals surface area (Å²) in [6, 6.07) is 15.2. The molecular formula is C35H33Cl3N2O6S. The summed E-state index contributed by atoms with van der Waals surface area (Å²) in [5.41, 5.74) is 2.47. The second-order valence-corrected chi connectivity index (χ2v) is 13.0. The highest BCUT2D eigenvalue weighted by atomic mass is 35.5. The van der Waals surface area contributed by atoms with Gasteiger partial charge in [0, 0.05) is 5.56 Å². The van der Waals surface area contributed by atoms with Gasteiger partial charge in [0.25, 0.3) is 5.56 Å². The number of thiazole rings is 1. The van der Waals surface area contributed by atoms with Gasteiger partial charge in [0.15, 0.2) is 16.3 Å². The van der Waals surface area contributed by atoms with Crippen molar-refractivity contribution in [1.82, 2.24) is 4.57 Å². The Morgan fingerprint density at radius 2 is 1.74 bits per heavy atom. The Morgan fingerprint density at radius 3 is 2.45 bits per heavy atom. The smallest absolute Gasteiger partial charge is 0.338 e. The molecule has 0 unspecified atom stereocenters. The molecule has 0 aliphatic carbocycles. The standard InChI is InChI=1S/C35H33Cl3N2O6S/c1-6-43-28-16-22(15-26(38)32(28)45-18-21-12-13-24(36)25(37)14-21)17-29-33(41)40-31(23-10-8-9-11-27(23)46-19(3)4)30(34(42)44-7-2)20(5)39-35(40)47-29/h8-17,19,31H,6-7,18H2,1-5H3/b29-17+/t31-/m1/s1. The molecule has 12 heteroatoms. The molecule has 47 heavy (non-hydrogen) atoms. The maximum atomic E-state index is 14.2. The summed E-state index contributed by atoms with van der Waals surface area (Å²) in [5.74, 6) is 0.784. The number of allylic oxidation sites excluding steroid dienone is 1. The molecule has 3 aromatic carbocycles.